The van der Waals surface area contributed by atoms with Crippen molar-refractivity contribution in [1.82, 2.24) is 4.67 Å². The minimum Gasteiger partial charge on any atom is -0.369 e. The van der Waals surface area contributed by atoms with Gasteiger partial charge in [0.1, 0.15) is 0 Å². The normalized spacial score (nSPS) is 16.6. The Balaban J connectivity index is 0.00000134. The first kappa shape index (κ1) is 23.6. The van der Waals surface area contributed by atoms with Crippen LogP contribution in [0.2, 0.25) is 0 Å². The molecule has 1 aliphatic rings. The van der Waals surface area contributed by atoms with Gasteiger partial charge in [0.15, 0.2) is 0 Å². The molecule has 7 nitrogen and oxygen atoms in total. The maximum absolute atomic E-state index is 12.3. The number of non-ortho nitro benzene ring substituents is 1. The van der Waals surface area contributed by atoms with Crippen LogP contribution in [0.3, 0.4) is 0 Å². The Morgan fingerprint density at radius 2 is 1.56 bits per heavy atom. The summed E-state index contributed by atoms with van der Waals surface area (Å²) < 4.78 is 19.6. The van der Waals surface area contributed by atoms with Crippen molar-refractivity contribution in [3.05, 3.63) is 34.4 Å². The number of benzene rings is 1. The number of hydrogen-bond acceptors (Lipinski definition) is 5. The van der Waals surface area contributed by atoms with E-state index in [9.17, 15) is 14.7 Å². The van der Waals surface area contributed by atoms with E-state index in [2.05, 4.69) is 4.90 Å². The van der Waals surface area contributed by atoms with Crippen LogP contribution in [0, 0.1) is 10.1 Å². The number of anilines is 1. The number of nitro benzene ring substituents is 1. The molecule has 1 aromatic rings. The van der Waals surface area contributed by atoms with Crippen molar-refractivity contribution in [2.75, 3.05) is 44.4 Å². The third-order valence-corrected chi connectivity index (χ3v) is 5.73. The van der Waals surface area contributed by atoms with Crippen molar-refractivity contribution in [3.63, 3.8) is 0 Å². The summed E-state index contributed by atoms with van der Waals surface area (Å²) in [7, 11) is -2.69. The minimum atomic E-state index is -2.69. The number of hydrogen-bond donors (Lipinski definition) is 0. The molecular weight excluding hydrogens is 341 g/mol. The van der Waals surface area contributed by atoms with Gasteiger partial charge in [0, 0.05) is 50.7 Å². The standard InChI is InChI=1S/C13H20N3O4P.2C2H6/c1-3-20-21(2,19)15-10-8-14(9-11-15)12-4-6-13(7-5-12)16(17)18;2*1-2/h4-7H,3,8-11H2,1-2H3;2*1-2H3. The topological polar surface area (TPSA) is 75.9 Å². The van der Waals surface area contributed by atoms with Gasteiger partial charge in [0.2, 0.25) is 0 Å². The van der Waals surface area contributed by atoms with Crippen LogP contribution in [-0.2, 0) is 9.09 Å². The fourth-order valence-corrected chi connectivity index (χ4v) is 3.97. The molecule has 8 heteroatoms. The molecule has 0 aliphatic carbocycles. The fraction of sp³-hybridized carbons (Fsp3) is 0.647. The fourth-order valence-electron chi connectivity index (χ4n) is 2.42. The van der Waals surface area contributed by atoms with Crippen LogP contribution in [-0.4, -0.2) is 49.0 Å². The lowest BCUT2D eigenvalue weighted by atomic mass is 10.2. The summed E-state index contributed by atoms with van der Waals surface area (Å²) in [4.78, 5) is 12.4. The van der Waals surface area contributed by atoms with Crippen molar-refractivity contribution < 1.29 is 14.0 Å². The molecule has 0 saturated carbocycles. The van der Waals surface area contributed by atoms with Crippen LogP contribution in [0.4, 0.5) is 11.4 Å². The highest BCUT2D eigenvalue weighted by atomic mass is 31.2. The van der Waals surface area contributed by atoms with E-state index < -0.39 is 12.4 Å². The first-order chi connectivity index (χ1) is 11.9. The molecule has 2 rings (SSSR count). The van der Waals surface area contributed by atoms with Gasteiger partial charge in [-0.2, -0.15) is 0 Å². The van der Waals surface area contributed by atoms with Gasteiger partial charge in [-0.3, -0.25) is 14.7 Å². The number of nitro groups is 1. The van der Waals surface area contributed by atoms with Crippen LogP contribution in [0.5, 0.6) is 0 Å². The van der Waals surface area contributed by atoms with Gasteiger partial charge >= 0.3 is 0 Å². The summed E-state index contributed by atoms with van der Waals surface area (Å²) in [5, 5.41) is 10.6. The highest BCUT2D eigenvalue weighted by Crippen LogP contribution is 2.47. The summed E-state index contributed by atoms with van der Waals surface area (Å²) in [6.45, 7) is 14.7. The lowest BCUT2D eigenvalue weighted by Crippen LogP contribution is -2.45. The van der Waals surface area contributed by atoms with Crippen LogP contribution < -0.4 is 4.90 Å². The van der Waals surface area contributed by atoms with Crippen LogP contribution in [0.15, 0.2) is 24.3 Å². The zero-order valence-electron chi connectivity index (χ0n) is 16.3. The molecule has 0 spiro atoms. The Kier molecular flexibility index (Phi) is 11.3. The highest BCUT2D eigenvalue weighted by Gasteiger charge is 2.29. The third kappa shape index (κ3) is 7.14. The molecule has 1 saturated heterocycles. The SMILES string of the molecule is CC.CC.CCOP(C)(=O)N1CCN(c2ccc([N+](=O)[O-])cc2)CC1. The van der Waals surface area contributed by atoms with E-state index >= 15 is 0 Å². The Bertz CT molecular complexity index is 543. The molecule has 0 bridgehead atoms. The van der Waals surface area contributed by atoms with E-state index in [1.54, 1.807) is 18.8 Å². The zero-order valence-corrected chi connectivity index (χ0v) is 17.2. The lowest BCUT2D eigenvalue weighted by Gasteiger charge is -2.38. The molecule has 144 valence electrons. The van der Waals surface area contributed by atoms with Gasteiger partial charge in [0.25, 0.3) is 13.2 Å². The molecule has 1 atom stereocenters. The number of nitrogens with zero attached hydrogens (tertiary/aromatic N) is 3. The monoisotopic (exact) mass is 373 g/mol. The second kappa shape index (κ2) is 12.0. The first-order valence-electron chi connectivity index (χ1n) is 8.91. The van der Waals surface area contributed by atoms with Crippen molar-refractivity contribution in [1.29, 1.82) is 0 Å². The summed E-state index contributed by atoms with van der Waals surface area (Å²) in [5.41, 5.74) is 1.04. The number of piperazine rings is 1. The van der Waals surface area contributed by atoms with Crippen LogP contribution in [0.25, 0.3) is 0 Å². The predicted octanol–water partition coefficient (Wildman–Crippen LogP) is 4.63. The van der Waals surface area contributed by atoms with E-state index in [4.69, 9.17) is 4.52 Å². The molecule has 25 heavy (non-hydrogen) atoms. The van der Waals surface area contributed by atoms with Gasteiger partial charge in [0.05, 0.1) is 11.5 Å². The molecule has 0 amide bonds. The molecule has 1 fully saturated rings. The summed E-state index contributed by atoms with van der Waals surface area (Å²) in [6.07, 6.45) is 0. The van der Waals surface area contributed by atoms with Crippen molar-refractivity contribution in [2.45, 2.75) is 34.6 Å². The largest absolute Gasteiger partial charge is 0.369 e. The quantitative estimate of drug-likeness (QED) is 0.425. The summed E-state index contributed by atoms with van der Waals surface area (Å²) in [5.74, 6) is 0. The van der Waals surface area contributed by atoms with E-state index in [1.807, 2.05) is 39.3 Å². The maximum atomic E-state index is 12.3. The molecule has 0 aromatic heterocycles. The second-order valence-electron chi connectivity index (χ2n) is 4.93. The third-order valence-electron chi connectivity index (χ3n) is 3.56. The Labute approximate surface area is 151 Å². The molecule has 1 aromatic carbocycles. The average molecular weight is 373 g/mol. The Morgan fingerprint density at radius 3 is 1.96 bits per heavy atom. The molecule has 1 unspecified atom stereocenters. The van der Waals surface area contributed by atoms with Gasteiger partial charge in [-0.15, -0.1) is 0 Å². The first-order valence-corrected chi connectivity index (χ1v) is 10.9. The van der Waals surface area contributed by atoms with Crippen molar-refractivity contribution >= 4 is 18.9 Å². The van der Waals surface area contributed by atoms with Gasteiger partial charge < -0.3 is 9.42 Å². The maximum Gasteiger partial charge on any atom is 0.269 e. The molecular formula is C17H32N3O4P. The Morgan fingerprint density at radius 1 is 1.08 bits per heavy atom. The summed E-state index contributed by atoms with van der Waals surface area (Å²) >= 11 is 0. The zero-order chi connectivity index (χ0) is 19.5. The highest BCUT2D eigenvalue weighted by molar-refractivity contribution is 7.55. The average Bonchev–Trinajstić information content (AvgIpc) is 2.65. The molecule has 0 N–H and O–H groups in total. The molecule has 0 radical (unpaired) electrons. The second-order valence-corrected chi connectivity index (χ2v) is 7.36. The van der Waals surface area contributed by atoms with E-state index in [0.29, 0.717) is 19.7 Å². The van der Waals surface area contributed by atoms with E-state index in [-0.39, 0.29) is 5.69 Å². The lowest BCUT2D eigenvalue weighted by molar-refractivity contribution is -0.384. The van der Waals surface area contributed by atoms with E-state index in [1.165, 1.54) is 12.1 Å². The molecule has 1 heterocycles. The van der Waals surface area contributed by atoms with Crippen molar-refractivity contribution in [3.8, 4) is 0 Å². The van der Waals surface area contributed by atoms with Gasteiger partial charge in [-0.05, 0) is 19.1 Å². The van der Waals surface area contributed by atoms with Gasteiger partial charge in [-0.1, -0.05) is 27.7 Å². The van der Waals surface area contributed by atoms with E-state index in [0.717, 1.165) is 18.8 Å². The van der Waals surface area contributed by atoms with Crippen molar-refractivity contribution in [2.24, 2.45) is 0 Å². The Hall–Kier alpha value is -1.43. The molecule has 1 aliphatic heterocycles. The smallest absolute Gasteiger partial charge is 0.269 e. The van der Waals surface area contributed by atoms with Gasteiger partial charge in [-0.25, -0.2) is 4.67 Å². The van der Waals surface area contributed by atoms with Crippen LogP contribution >= 0.6 is 7.52 Å². The summed E-state index contributed by atoms with van der Waals surface area (Å²) in [6, 6.07) is 6.52. The predicted molar refractivity (Wildman–Crippen MR) is 105 cm³/mol. The number of rotatable bonds is 5. The van der Waals surface area contributed by atoms with Crippen LogP contribution in [0.1, 0.15) is 34.6 Å². The minimum absolute atomic E-state index is 0.0896.